The van der Waals surface area contributed by atoms with Crippen molar-refractivity contribution < 1.29 is 0 Å². The Morgan fingerprint density at radius 3 is 1.93 bits per heavy atom. The number of rotatable bonds is 2. The summed E-state index contributed by atoms with van der Waals surface area (Å²) in [6.45, 7) is 3.92. The van der Waals surface area contributed by atoms with E-state index in [1.165, 1.54) is 5.57 Å². The molecule has 0 saturated heterocycles. The number of nitrogens with one attached hydrogen (secondary N) is 4. The van der Waals surface area contributed by atoms with E-state index in [2.05, 4.69) is 93.3 Å². The number of aromatic nitrogens is 4. The maximum absolute atomic E-state index is 3.92. The SMILES string of the molecule is C=CCC1=c2ccc([nH]2)=Cc2ccc([nH]2)C=c2ccc([nH]2)=Cc2ccc1[nH]2. The molecule has 0 saturated carbocycles. The fourth-order valence-electron chi connectivity index (χ4n) is 3.55. The quantitative estimate of drug-likeness (QED) is 0.396. The zero-order chi connectivity index (χ0) is 18.2. The van der Waals surface area contributed by atoms with Gasteiger partial charge in [-0.2, -0.15) is 0 Å². The number of aromatic amines is 4. The van der Waals surface area contributed by atoms with Gasteiger partial charge < -0.3 is 19.9 Å². The highest BCUT2D eigenvalue weighted by Crippen LogP contribution is 2.15. The zero-order valence-electron chi connectivity index (χ0n) is 14.8. The van der Waals surface area contributed by atoms with E-state index in [9.17, 15) is 0 Å². The topological polar surface area (TPSA) is 63.2 Å². The highest BCUT2D eigenvalue weighted by molar-refractivity contribution is 5.65. The molecule has 4 heteroatoms. The van der Waals surface area contributed by atoms with Crippen LogP contribution in [0.15, 0.2) is 61.2 Å². The summed E-state index contributed by atoms with van der Waals surface area (Å²) in [7, 11) is 0. The molecule has 0 radical (unpaired) electrons. The van der Waals surface area contributed by atoms with Crippen LogP contribution in [0.4, 0.5) is 0 Å². The van der Waals surface area contributed by atoms with Crippen LogP contribution in [-0.4, -0.2) is 19.9 Å². The van der Waals surface area contributed by atoms with Crippen LogP contribution in [0, 0.1) is 0 Å². The van der Waals surface area contributed by atoms with Gasteiger partial charge in [0.25, 0.3) is 0 Å². The van der Waals surface area contributed by atoms with Crippen molar-refractivity contribution >= 4 is 23.8 Å². The lowest BCUT2D eigenvalue weighted by Crippen LogP contribution is -2.14. The molecule has 4 nitrogen and oxygen atoms in total. The van der Waals surface area contributed by atoms with Crippen molar-refractivity contribution in [1.29, 1.82) is 0 Å². The summed E-state index contributed by atoms with van der Waals surface area (Å²) in [5.74, 6) is 0. The second-order valence-corrected chi connectivity index (χ2v) is 6.80. The maximum atomic E-state index is 3.92. The molecule has 4 aromatic rings. The van der Waals surface area contributed by atoms with Crippen molar-refractivity contribution in [2.45, 2.75) is 6.42 Å². The Morgan fingerprint density at radius 2 is 1.22 bits per heavy atom. The average Bonchev–Trinajstić information content (AvgIpc) is 3.43. The first-order valence-electron chi connectivity index (χ1n) is 9.04. The number of H-pyrrole nitrogens is 4. The van der Waals surface area contributed by atoms with Gasteiger partial charge in [0.15, 0.2) is 0 Å². The molecule has 27 heavy (non-hydrogen) atoms. The van der Waals surface area contributed by atoms with Crippen molar-refractivity contribution in [1.82, 2.24) is 19.9 Å². The smallest absolute Gasteiger partial charge is 0.0441 e. The van der Waals surface area contributed by atoms with E-state index in [0.717, 1.165) is 50.6 Å². The van der Waals surface area contributed by atoms with Crippen molar-refractivity contribution in [3.05, 3.63) is 105 Å². The van der Waals surface area contributed by atoms with Gasteiger partial charge in [-0.25, -0.2) is 0 Å². The van der Waals surface area contributed by atoms with E-state index in [-0.39, 0.29) is 0 Å². The number of hydrogen-bond donors (Lipinski definition) is 4. The minimum absolute atomic E-state index is 0.786. The Hall–Kier alpha value is -3.66. The monoisotopic (exact) mass is 352 g/mol. The van der Waals surface area contributed by atoms with Gasteiger partial charge in [0, 0.05) is 49.7 Å². The summed E-state index contributed by atoms with van der Waals surface area (Å²) in [4.78, 5) is 13.9. The number of allylic oxidation sites excluding steroid dienone is 1. The largest absolute Gasteiger partial charge is 0.355 e. The summed E-state index contributed by atoms with van der Waals surface area (Å²) in [5, 5.41) is 4.29. The molecule has 0 aromatic carbocycles. The van der Waals surface area contributed by atoms with Crippen LogP contribution in [0.2, 0.25) is 0 Å². The molecule has 0 atom stereocenters. The van der Waals surface area contributed by atoms with Gasteiger partial charge in [0.2, 0.25) is 0 Å². The molecule has 0 amide bonds. The van der Waals surface area contributed by atoms with Crippen LogP contribution in [0.3, 0.4) is 0 Å². The van der Waals surface area contributed by atoms with Crippen LogP contribution in [-0.2, 0) is 0 Å². The van der Waals surface area contributed by atoms with Crippen LogP contribution >= 0.6 is 0 Å². The third-order valence-electron chi connectivity index (χ3n) is 4.81. The Bertz CT molecular complexity index is 1370. The second kappa shape index (κ2) is 6.25. The molecule has 0 fully saturated rings. The molecule has 1 aliphatic heterocycles. The molecule has 0 spiro atoms. The van der Waals surface area contributed by atoms with E-state index in [1.54, 1.807) is 0 Å². The standard InChI is InChI=1S/C23H20N4/c1-2-3-21-22-10-8-19(26-22)13-17-6-4-15(24-17)12-16-5-7-18(25-16)14-20-9-11-23(21)27-20/h2,4-14,24-27H,1,3H2. The van der Waals surface area contributed by atoms with Crippen molar-refractivity contribution in [2.75, 3.05) is 0 Å². The molecule has 1 aliphatic rings. The minimum atomic E-state index is 0.786. The highest BCUT2D eigenvalue weighted by atomic mass is 14.8. The highest BCUT2D eigenvalue weighted by Gasteiger charge is 2.05. The van der Waals surface area contributed by atoms with E-state index < -0.39 is 0 Å². The molecule has 0 aliphatic carbocycles. The summed E-state index contributed by atoms with van der Waals surface area (Å²) in [5.41, 5.74) is 5.49. The first-order chi connectivity index (χ1) is 13.3. The molecule has 4 aromatic heterocycles. The van der Waals surface area contributed by atoms with Gasteiger partial charge in [-0.05, 0) is 73.2 Å². The first-order valence-corrected chi connectivity index (χ1v) is 9.04. The summed E-state index contributed by atoms with van der Waals surface area (Å²) < 4.78 is 0. The van der Waals surface area contributed by atoms with Crippen molar-refractivity contribution in [3.8, 4) is 0 Å². The van der Waals surface area contributed by atoms with Crippen molar-refractivity contribution in [3.63, 3.8) is 0 Å². The molecule has 8 bridgehead atoms. The predicted octanol–water partition coefficient (Wildman–Crippen LogP) is 1.57. The van der Waals surface area contributed by atoms with Gasteiger partial charge >= 0.3 is 0 Å². The summed E-state index contributed by atoms with van der Waals surface area (Å²) in [6.07, 6.45) is 9.07. The number of hydrogen-bond acceptors (Lipinski definition) is 0. The van der Waals surface area contributed by atoms with Crippen LogP contribution in [0.5, 0.6) is 0 Å². The fourth-order valence-corrected chi connectivity index (χ4v) is 3.55. The lowest BCUT2D eigenvalue weighted by Gasteiger charge is -2.01. The minimum Gasteiger partial charge on any atom is -0.355 e. The van der Waals surface area contributed by atoms with E-state index in [1.807, 2.05) is 6.08 Å². The van der Waals surface area contributed by atoms with E-state index >= 15 is 0 Å². The van der Waals surface area contributed by atoms with Crippen LogP contribution in [0.1, 0.15) is 29.2 Å². The predicted molar refractivity (Wildman–Crippen MR) is 110 cm³/mol. The average molecular weight is 352 g/mol. The Balaban J connectivity index is 1.81. The Kier molecular flexibility index (Phi) is 3.61. The molecule has 132 valence electrons. The molecular weight excluding hydrogens is 332 g/mol. The van der Waals surface area contributed by atoms with Crippen molar-refractivity contribution in [2.24, 2.45) is 0 Å². The molecule has 5 rings (SSSR count). The van der Waals surface area contributed by atoms with Gasteiger partial charge in [0.05, 0.1) is 0 Å². The van der Waals surface area contributed by atoms with Gasteiger partial charge in [-0.15, -0.1) is 6.58 Å². The molecule has 0 unspecified atom stereocenters. The van der Waals surface area contributed by atoms with E-state index in [0.29, 0.717) is 0 Å². The Morgan fingerprint density at radius 1 is 0.630 bits per heavy atom. The van der Waals surface area contributed by atoms with Gasteiger partial charge in [0.1, 0.15) is 0 Å². The van der Waals surface area contributed by atoms with Gasteiger partial charge in [-0.1, -0.05) is 6.08 Å². The second-order valence-electron chi connectivity index (χ2n) is 6.80. The maximum Gasteiger partial charge on any atom is 0.0441 e. The summed E-state index contributed by atoms with van der Waals surface area (Å²) in [6, 6.07) is 16.8. The fraction of sp³-hybridized carbons (Fsp3) is 0.0435. The number of fused-ring (bicyclic) bond motifs is 8. The lowest BCUT2D eigenvalue weighted by atomic mass is 10.1. The first kappa shape index (κ1) is 15.6. The zero-order valence-corrected chi connectivity index (χ0v) is 14.8. The third-order valence-corrected chi connectivity index (χ3v) is 4.81. The molecule has 4 N–H and O–H groups in total. The van der Waals surface area contributed by atoms with Gasteiger partial charge in [-0.3, -0.25) is 0 Å². The van der Waals surface area contributed by atoms with E-state index in [4.69, 9.17) is 0 Å². The molecule has 5 heterocycles. The Labute approximate surface area is 156 Å². The summed E-state index contributed by atoms with van der Waals surface area (Å²) >= 11 is 0. The normalized spacial score (nSPS) is 12.8. The van der Waals surface area contributed by atoms with Crippen LogP contribution in [0.25, 0.3) is 23.8 Å². The third kappa shape index (κ3) is 3.02. The molecular formula is C23H20N4. The lowest BCUT2D eigenvalue weighted by molar-refractivity contribution is 1.19. The van der Waals surface area contributed by atoms with Crippen LogP contribution < -0.4 is 21.4 Å².